The van der Waals surface area contributed by atoms with Crippen molar-refractivity contribution >= 4 is 39.1 Å². The monoisotopic (exact) mass is 614 g/mol. The zero-order valence-corrected chi connectivity index (χ0v) is 24.8. The Bertz CT molecular complexity index is 1360. The number of nitrogens with zero attached hydrogens (tertiary/aromatic N) is 2. The number of benzene rings is 1. The molecule has 0 radical (unpaired) electrons. The molecule has 3 N–H and O–H groups in total. The van der Waals surface area contributed by atoms with Gasteiger partial charge in [0.15, 0.2) is 16.1 Å². The van der Waals surface area contributed by atoms with Crippen molar-refractivity contribution in [1.82, 2.24) is 9.97 Å². The van der Waals surface area contributed by atoms with E-state index in [9.17, 15) is 17.4 Å². The van der Waals surface area contributed by atoms with Crippen molar-refractivity contribution in [3.8, 4) is 22.1 Å². The van der Waals surface area contributed by atoms with Crippen LogP contribution >= 0.6 is 11.3 Å². The molecule has 4 rings (SSSR count). The molecule has 41 heavy (non-hydrogen) atoms. The molecule has 0 amide bonds. The minimum absolute atomic E-state index is 0.491. The van der Waals surface area contributed by atoms with Crippen LogP contribution in [0, 0.1) is 13.8 Å². The Morgan fingerprint density at radius 3 is 2.32 bits per heavy atom. The number of hydrogen-bond acceptors (Lipinski definition) is 8. The molecule has 0 spiro atoms. The predicted octanol–water partition coefficient (Wildman–Crippen LogP) is 6.74. The number of thiazole rings is 1. The molecule has 9 nitrogen and oxygen atoms in total. The van der Waals surface area contributed by atoms with E-state index in [1.54, 1.807) is 37.8 Å². The summed E-state index contributed by atoms with van der Waals surface area (Å²) in [6.45, 7) is 3.94. The van der Waals surface area contributed by atoms with E-state index in [1.807, 2.05) is 32.0 Å². The first-order valence-corrected chi connectivity index (χ1v) is 14.8. The molecule has 1 atom stereocenters. The van der Waals surface area contributed by atoms with Crippen molar-refractivity contribution in [1.29, 1.82) is 0 Å². The van der Waals surface area contributed by atoms with Crippen LogP contribution in [0.4, 0.5) is 24.0 Å². The van der Waals surface area contributed by atoms with Crippen LogP contribution in [-0.2, 0) is 15.8 Å². The molecular formula is C27H33F3N4O5S2. The number of ether oxygens (including phenoxy) is 2. The van der Waals surface area contributed by atoms with E-state index in [4.69, 9.17) is 24.4 Å². The molecule has 224 valence electrons. The fourth-order valence-corrected chi connectivity index (χ4v) is 6.32. The number of aliphatic carboxylic acids is 1. The molecule has 0 bridgehead atoms. The maximum Gasteiger partial charge on any atom is 0.490 e. The Labute approximate surface area is 243 Å². The largest absolute Gasteiger partial charge is 0.495 e. The number of carboxylic acid groups (broad SMARTS) is 1. The molecule has 1 fully saturated rings. The van der Waals surface area contributed by atoms with Gasteiger partial charge in [0.05, 0.1) is 36.7 Å². The van der Waals surface area contributed by atoms with Crippen molar-refractivity contribution < 1.29 is 36.8 Å². The van der Waals surface area contributed by atoms with Crippen molar-refractivity contribution in [3.05, 3.63) is 41.7 Å². The number of carbonyl (C=O) groups is 1. The third-order valence-corrected chi connectivity index (χ3v) is 8.61. The summed E-state index contributed by atoms with van der Waals surface area (Å²) in [7, 11) is 1.61. The summed E-state index contributed by atoms with van der Waals surface area (Å²) in [6, 6.07) is 8.07. The number of carboxylic acids is 1. The summed E-state index contributed by atoms with van der Waals surface area (Å²) in [5, 5.41) is 11.7. The number of anilines is 2. The number of aromatic nitrogens is 2. The maximum atomic E-state index is 13.3. The van der Waals surface area contributed by atoms with Gasteiger partial charge in [-0.15, -0.1) is 0 Å². The summed E-state index contributed by atoms with van der Waals surface area (Å²) in [6.07, 6.45) is 4.15. The Morgan fingerprint density at radius 2 is 1.76 bits per heavy atom. The third kappa shape index (κ3) is 9.05. The molecule has 2 heterocycles. The number of alkyl halides is 3. The minimum atomic E-state index is -5.08. The molecule has 0 saturated heterocycles. The smallest absolute Gasteiger partial charge is 0.490 e. The number of nitrogens with one attached hydrogen (secondary N) is 2. The van der Waals surface area contributed by atoms with E-state index in [-0.39, 0.29) is 0 Å². The fraction of sp³-hybridized carbons (Fsp3) is 0.444. The first-order valence-electron chi connectivity index (χ1n) is 12.8. The number of pyridine rings is 1. The molecule has 1 aliphatic carbocycles. The number of methoxy groups -OCH3 is 2. The highest BCUT2D eigenvalue weighted by molar-refractivity contribution is 7.86. The van der Waals surface area contributed by atoms with Gasteiger partial charge in [0.2, 0.25) is 5.88 Å². The fourth-order valence-electron chi connectivity index (χ4n) is 4.19. The van der Waals surface area contributed by atoms with Gasteiger partial charge in [-0.3, -0.25) is 4.72 Å². The first-order chi connectivity index (χ1) is 19.4. The van der Waals surface area contributed by atoms with E-state index in [0.717, 1.165) is 26.8 Å². The highest BCUT2D eigenvalue weighted by atomic mass is 32.2. The summed E-state index contributed by atoms with van der Waals surface area (Å²) in [5.41, 5.74) is 3.50. The van der Waals surface area contributed by atoms with Gasteiger partial charge in [0, 0.05) is 12.1 Å². The van der Waals surface area contributed by atoms with Gasteiger partial charge in [-0.05, 0) is 56.0 Å². The third-order valence-electron chi connectivity index (χ3n) is 6.34. The van der Waals surface area contributed by atoms with E-state index < -0.39 is 23.1 Å². The average Bonchev–Trinajstić information content (AvgIpc) is 3.11. The Kier molecular flexibility index (Phi) is 11.4. The van der Waals surface area contributed by atoms with Crippen molar-refractivity contribution in [3.63, 3.8) is 0 Å². The second-order valence-corrected chi connectivity index (χ2v) is 11.5. The van der Waals surface area contributed by atoms with E-state index in [1.165, 1.54) is 38.5 Å². The molecule has 1 saturated carbocycles. The lowest BCUT2D eigenvalue weighted by Gasteiger charge is -2.14. The lowest BCUT2D eigenvalue weighted by atomic mass is 10.1. The van der Waals surface area contributed by atoms with Gasteiger partial charge >= 0.3 is 12.1 Å². The average molecular weight is 615 g/mol. The number of rotatable bonds is 8. The number of aryl methyl sites for hydroxylation is 2. The van der Waals surface area contributed by atoms with Gasteiger partial charge in [0.1, 0.15) is 10.6 Å². The molecule has 14 heteroatoms. The van der Waals surface area contributed by atoms with Crippen LogP contribution in [0.25, 0.3) is 10.4 Å². The van der Waals surface area contributed by atoms with Gasteiger partial charge in [-0.2, -0.15) is 13.2 Å². The molecule has 2 aromatic heterocycles. The molecule has 0 aliphatic heterocycles. The number of halogens is 3. The Balaban J connectivity index is 0.000000587. The molecule has 3 aromatic rings. The molecule has 1 aliphatic rings. The predicted molar refractivity (Wildman–Crippen MR) is 153 cm³/mol. The zero-order valence-electron chi connectivity index (χ0n) is 23.1. The summed E-state index contributed by atoms with van der Waals surface area (Å²) in [5.74, 6) is -1.68. The molecule has 1 unspecified atom stereocenters. The van der Waals surface area contributed by atoms with Crippen LogP contribution < -0.4 is 19.5 Å². The molecular weight excluding hydrogens is 581 g/mol. The van der Waals surface area contributed by atoms with Crippen LogP contribution in [0.1, 0.15) is 49.8 Å². The van der Waals surface area contributed by atoms with E-state index >= 15 is 0 Å². The normalized spacial score (nSPS) is 14.7. The Morgan fingerprint density at radius 1 is 1.10 bits per heavy atom. The quantitative estimate of drug-likeness (QED) is 0.239. The number of hydrogen-bond donors (Lipinski definition) is 3. The second kappa shape index (κ2) is 14.5. The SMILES string of the molecule is COc1cc(C)c(NS(=O)c2cc(-c3sc(NC4CCCCCC4)nc3C)ccc2OC)cn1.O=C(O)C(F)(F)F. The first kappa shape index (κ1) is 32.1. The van der Waals surface area contributed by atoms with Gasteiger partial charge < -0.3 is 19.9 Å². The van der Waals surface area contributed by atoms with Crippen LogP contribution in [-0.4, -0.2) is 51.7 Å². The van der Waals surface area contributed by atoms with E-state index in [2.05, 4.69) is 15.0 Å². The van der Waals surface area contributed by atoms with Crippen molar-refractivity contribution in [2.24, 2.45) is 0 Å². The van der Waals surface area contributed by atoms with Crippen molar-refractivity contribution in [2.45, 2.75) is 69.5 Å². The maximum absolute atomic E-state index is 13.3. The molecule has 1 aromatic carbocycles. The lowest BCUT2D eigenvalue weighted by Crippen LogP contribution is -2.21. The van der Waals surface area contributed by atoms with Gasteiger partial charge in [-0.25, -0.2) is 19.0 Å². The van der Waals surface area contributed by atoms with Crippen LogP contribution in [0.15, 0.2) is 35.4 Å². The topological polar surface area (TPSA) is 123 Å². The summed E-state index contributed by atoms with van der Waals surface area (Å²) < 4.78 is 58.8. The lowest BCUT2D eigenvalue weighted by molar-refractivity contribution is -0.192. The van der Waals surface area contributed by atoms with Crippen molar-refractivity contribution in [2.75, 3.05) is 24.3 Å². The van der Waals surface area contributed by atoms with Crippen LogP contribution in [0.3, 0.4) is 0 Å². The zero-order chi connectivity index (χ0) is 30.2. The van der Waals surface area contributed by atoms with Gasteiger partial charge in [-0.1, -0.05) is 37.0 Å². The highest BCUT2D eigenvalue weighted by Gasteiger charge is 2.38. The Hall–Kier alpha value is -3.39. The standard InChI is InChI=1S/C25H32N4O3S2.C2HF3O2/c1-16-13-23(32-4)26-15-20(16)29-34(30)22-14-18(11-12-21(22)31-3)24-17(2)27-25(33-24)28-19-9-7-5-6-8-10-19;3-2(4,5)1(6)7/h11-15,19,29H,5-10H2,1-4H3,(H,27,28);(H,6,7). The van der Waals surface area contributed by atoms with Gasteiger partial charge in [0.25, 0.3) is 0 Å². The van der Waals surface area contributed by atoms with Crippen LogP contribution in [0.2, 0.25) is 0 Å². The second-order valence-electron chi connectivity index (χ2n) is 9.35. The highest BCUT2D eigenvalue weighted by Crippen LogP contribution is 2.37. The summed E-state index contributed by atoms with van der Waals surface area (Å²) >= 11 is 1.65. The van der Waals surface area contributed by atoms with E-state index in [0.29, 0.717) is 28.3 Å². The summed E-state index contributed by atoms with van der Waals surface area (Å²) in [4.78, 5) is 19.5. The minimum Gasteiger partial charge on any atom is -0.495 e. The van der Waals surface area contributed by atoms with Crippen LogP contribution in [0.5, 0.6) is 11.6 Å².